The first kappa shape index (κ1) is 12.7. The van der Waals surface area contributed by atoms with Crippen molar-refractivity contribution in [1.29, 1.82) is 0 Å². The number of carbonyl (C=O) groups is 1. The Bertz CT molecular complexity index is 345. The maximum atomic E-state index is 12.8. The fraction of sp³-hybridized carbons (Fsp3) is 0.462. The Morgan fingerprint density at radius 3 is 2.31 bits per heavy atom. The van der Waals surface area contributed by atoms with Gasteiger partial charge in [-0.2, -0.15) is 0 Å². The summed E-state index contributed by atoms with van der Waals surface area (Å²) in [5.74, 6) is -0.241. The molecule has 0 bridgehead atoms. The van der Waals surface area contributed by atoms with Crippen molar-refractivity contribution in [1.82, 2.24) is 0 Å². The molecule has 0 aliphatic rings. The van der Waals surface area contributed by atoms with Gasteiger partial charge in [0, 0.05) is 24.2 Å². The Hall–Kier alpha value is -1.38. The lowest BCUT2D eigenvalue weighted by Crippen LogP contribution is -2.35. The van der Waals surface area contributed by atoms with Gasteiger partial charge >= 0.3 is 0 Å². The molecule has 88 valence electrons. The molecule has 1 aromatic rings. The minimum Gasteiger partial charge on any atom is -0.371 e. The van der Waals surface area contributed by atoms with Gasteiger partial charge in [-0.1, -0.05) is 13.8 Å². The van der Waals surface area contributed by atoms with E-state index in [0.717, 1.165) is 18.5 Å². The van der Waals surface area contributed by atoms with Crippen molar-refractivity contribution in [3.05, 3.63) is 30.1 Å². The summed E-state index contributed by atoms with van der Waals surface area (Å²) in [5.41, 5.74) is 0.559. The van der Waals surface area contributed by atoms with Crippen LogP contribution in [-0.2, 0) is 4.79 Å². The van der Waals surface area contributed by atoms with Crippen LogP contribution in [0.4, 0.5) is 10.1 Å². The molecule has 0 amide bonds. The highest BCUT2D eigenvalue weighted by Crippen LogP contribution is 2.20. The molecule has 0 aliphatic heterocycles. The monoisotopic (exact) mass is 223 g/mol. The Morgan fingerprint density at radius 1 is 1.31 bits per heavy atom. The second-order valence-electron chi connectivity index (χ2n) is 4.60. The van der Waals surface area contributed by atoms with Crippen molar-refractivity contribution in [3.8, 4) is 0 Å². The third-order valence-corrected chi connectivity index (χ3v) is 2.49. The molecular weight excluding hydrogens is 205 g/mol. The summed E-state index contributed by atoms with van der Waals surface area (Å²) in [5, 5.41) is 0. The molecule has 0 aliphatic carbocycles. The first-order valence-corrected chi connectivity index (χ1v) is 5.45. The van der Waals surface area contributed by atoms with Crippen LogP contribution in [0.2, 0.25) is 0 Å². The molecule has 3 heteroatoms. The molecule has 0 saturated carbocycles. The highest BCUT2D eigenvalue weighted by Gasteiger charge is 2.20. The standard InChI is InChI=1S/C13H18FNO/c1-4-15(9-13(2,3)10-16)12-7-5-11(14)6-8-12/h5-8,10H,4,9H2,1-3H3. The summed E-state index contributed by atoms with van der Waals surface area (Å²) in [7, 11) is 0. The highest BCUT2D eigenvalue weighted by molar-refractivity contribution is 5.60. The molecule has 1 aromatic carbocycles. The average molecular weight is 223 g/mol. The van der Waals surface area contributed by atoms with Gasteiger partial charge in [0.15, 0.2) is 0 Å². The summed E-state index contributed by atoms with van der Waals surface area (Å²) >= 11 is 0. The van der Waals surface area contributed by atoms with E-state index in [9.17, 15) is 9.18 Å². The topological polar surface area (TPSA) is 20.3 Å². The molecule has 0 atom stereocenters. The molecule has 0 fully saturated rings. The van der Waals surface area contributed by atoms with Crippen molar-refractivity contribution >= 4 is 12.0 Å². The Morgan fingerprint density at radius 2 is 1.88 bits per heavy atom. The SMILES string of the molecule is CCN(CC(C)(C)C=O)c1ccc(F)cc1. The van der Waals surface area contributed by atoms with Gasteiger partial charge in [-0.15, -0.1) is 0 Å². The number of hydrogen-bond acceptors (Lipinski definition) is 2. The number of anilines is 1. The first-order valence-electron chi connectivity index (χ1n) is 5.45. The molecule has 0 aromatic heterocycles. The lowest BCUT2D eigenvalue weighted by Gasteiger charge is -2.29. The number of benzene rings is 1. The normalized spacial score (nSPS) is 11.2. The van der Waals surface area contributed by atoms with E-state index in [0.29, 0.717) is 6.54 Å². The van der Waals surface area contributed by atoms with E-state index in [-0.39, 0.29) is 11.2 Å². The van der Waals surface area contributed by atoms with Crippen molar-refractivity contribution in [2.24, 2.45) is 5.41 Å². The molecule has 0 heterocycles. The van der Waals surface area contributed by atoms with Crippen LogP contribution in [0.1, 0.15) is 20.8 Å². The van der Waals surface area contributed by atoms with E-state index in [2.05, 4.69) is 4.90 Å². The molecule has 0 N–H and O–H groups in total. The Kier molecular flexibility index (Phi) is 4.05. The van der Waals surface area contributed by atoms with Gasteiger partial charge in [-0.25, -0.2) is 4.39 Å². The Balaban J connectivity index is 2.82. The molecule has 2 nitrogen and oxygen atoms in total. The van der Waals surface area contributed by atoms with Crippen LogP contribution in [0, 0.1) is 11.2 Å². The second kappa shape index (κ2) is 5.10. The molecule has 0 unspecified atom stereocenters. The molecule has 1 rings (SSSR count). The number of halogens is 1. The van der Waals surface area contributed by atoms with Gasteiger partial charge < -0.3 is 9.69 Å². The molecule has 0 saturated heterocycles. The van der Waals surface area contributed by atoms with Crippen molar-refractivity contribution in [2.45, 2.75) is 20.8 Å². The number of carbonyl (C=O) groups excluding carboxylic acids is 1. The first-order chi connectivity index (χ1) is 7.48. The van der Waals surface area contributed by atoms with E-state index >= 15 is 0 Å². The number of hydrogen-bond donors (Lipinski definition) is 0. The Labute approximate surface area is 96.1 Å². The maximum absolute atomic E-state index is 12.8. The van der Waals surface area contributed by atoms with Crippen LogP contribution in [0.15, 0.2) is 24.3 Å². The average Bonchev–Trinajstić information content (AvgIpc) is 2.27. The smallest absolute Gasteiger partial charge is 0.127 e. The van der Waals surface area contributed by atoms with Crippen molar-refractivity contribution < 1.29 is 9.18 Å². The zero-order valence-corrected chi connectivity index (χ0v) is 10.0. The maximum Gasteiger partial charge on any atom is 0.127 e. The summed E-state index contributed by atoms with van der Waals surface area (Å²) in [6.07, 6.45) is 0.958. The number of nitrogens with zero attached hydrogens (tertiary/aromatic N) is 1. The minimum atomic E-state index is -0.385. The van der Waals surface area contributed by atoms with Gasteiger partial charge in [0.25, 0.3) is 0 Å². The second-order valence-corrected chi connectivity index (χ2v) is 4.60. The molecule has 0 radical (unpaired) electrons. The summed E-state index contributed by atoms with van der Waals surface area (Å²) in [6, 6.07) is 6.34. The van der Waals surface area contributed by atoms with Crippen LogP contribution in [0.3, 0.4) is 0 Å². The number of aldehydes is 1. The van der Waals surface area contributed by atoms with E-state index < -0.39 is 0 Å². The summed E-state index contributed by atoms with van der Waals surface area (Å²) in [6.45, 7) is 7.24. The summed E-state index contributed by atoms with van der Waals surface area (Å²) in [4.78, 5) is 12.9. The van der Waals surface area contributed by atoms with Crippen LogP contribution in [0.25, 0.3) is 0 Å². The van der Waals surface area contributed by atoms with E-state index in [1.165, 1.54) is 12.1 Å². The van der Waals surface area contributed by atoms with Gasteiger partial charge in [-0.3, -0.25) is 0 Å². The molecular formula is C13H18FNO. The van der Waals surface area contributed by atoms with E-state index in [1.54, 1.807) is 12.1 Å². The largest absolute Gasteiger partial charge is 0.371 e. The third kappa shape index (κ3) is 3.33. The van der Waals surface area contributed by atoms with Gasteiger partial charge in [-0.05, 0) is 31.2 Å². The molecule has 0 spiro atoms. The lowest BCUT2D eigenvalue weighted by atomic mass is 9.95. The van der Waals surface area contributed by atoms with Crippen molar-refractivity contribution in [2.75, 3.05) is 18.0 Å². The fourth-order valence-electron chi connectivity index (χ4n) is 1.57. The number of rotatable bonds is 5. The van der Waals surface area contributed by atoms with Crippen LogP contribution in [0.5, 0.6) is 0 Å². The van der Waals surface area contributed by atoms with Crippen LogP contribution < -0.4 is 4.90 Å². The predicted octanol–water partition coefficient (Wildman–Crippen LogP) is 2.88. The zero-order chi connectivity index (χ0) is 12.2. The highest BCUT2D eigenvalue weighted by atomic mass is 19.1. The predicted molar refractivity (Wildman–Crippen MR) is 64.1 cm³/mol. The van der Waals surface area contributed by atoms with Crippen molar-refractivity contribution in [3.63, 3.8) is 0 Å². The fourth-order valence-corrected chi connectivity index (χ4v) is 1.57. The van der Waals surface area contributed by atoms with Crippen LogP contribution >= 0.6 is 0 Å². The van der Waals surface area contributed by atoms with E-state index in [4.69, 9.17) is 0 Å². The van der Waals surface area contributed by atoms with Crippen LogP contribution in [-0.4, -0.2) is 19.4 Å². The minimum absolute atomic E-state index is 0.241. The van der Waals surface area contributed by atoms with Gasteiger partial charge in [0.1, 0.15) is 12.1 Å². The summed E-state index contributed by atoms with van der Waals surface area (Å²) < 4.78 is 12.8. The van der Waals surface area contributed by atoms with Gasteiger partial charge in [0.2, 0.25) is 0 Å². The molecule has 16 heavy (non-hydrogen) atoms. The zero-order valence-electron chi connectivity index (χ0n) is 10.0. The quantitative estimate of drug-likeness (QED) is 0.715. The lowest BCUT2D eigenvalue weighted by molar-refractivity contribution is -0.114. The van der Waals surface area contributed by atoms with Gasteiger partial charge in [0.05, 0.1) is 0 Å². The third-order valence-electron chi connectivity index (χ3n) is 2.49. The van der Waals surface area contributed by atoms with E-state index in [1.807, 2.05) is 20.8 Å².